The fourth-order valence-electron chi connectivity index (χ4n) is 5.28. The molecule has 3 aliphatic rings. The highest BCUT2D eigenvalue weighted by atomic mass is 19.1. The molecular formula is C21H27FN2O. The summed E-state index contributed by atoms with van der Waals surface area (Å²) in [7, 11) is 0. The predicted molar refractivity (Wildman–Crippen MR) is 97.9 cm³/mol. The molecule has 4 heteroatoms. The summed E-state index contributed by atoms with van der Waals surface area (Å²) in [4.78, 5) is 17.4. The monoisotopic (exact) mass is 342 g/mol. The van der Waals surface area contributed by atoms with Crippen LogP contribution in [-0.4, -0.2) is 37.0 Å². The van der Waals surface area contributed by atoms with Gasteiger partial charge in [-0.05, 0) is 42.7 Å². The minimum Gasteiger partial charge on any atom is -0.366 e. The number of piperazine rings is 1. The topological polar surface area (TPSA) is 23.6 Å². The Balaban J connectivity index is 1.48. The second-order valence-corrected chi connectivity index (χ2v) is 8.45. The van der Waals surface area contributed by atoms with Crippen molar-refractivity contribution in [2.75, 3.05) is 31.1 Å². The van der Waals surface area contributed by atoms with E-state index in [-0.39, 0.29) is 22.6 Å². The van der Waals surface area contributed by atoms with Gasteiger partial charge in [-0.2, -0.15) is 0 Å². The van der Waals surface area contributed by atoms with E-state index in [1.54, 1.807) is 6.07 Å². The van der Waals surface area contributed by atoms with Crippen molar-refractivity contribution in [3.8, 4) is 0 Å². The molecule has 1 heterocycles. The fraction of sp³-hybridized carbons (Fsp3) is 0.571. The van der Waals surface area contributed by atoms with Crippen LogP contribution in [0.1, 0.15) is 33.1 Å². The molecule has 1 amide bonds. The Morgan fingerprint density at radius 3 is 2.48 bits per heavy atom. The first kappa shape index (κ1) is 16.6. The molecule has 134 valence electrons. The summed E-state index contributed by atoms with van der Waals surface area (Å²) in [5.74, 6) is 0.660. The number of benzene rings is 1. The first-order valence-corrected chi connectivity index (χ1v) is 9.35. The predicted octanol–water partition coefficient (Wildman–Crippen LogP) is 3.86. The Bertz CT molecular complexity index is 720. The van der Waals surface area contributed by atoms with Crippen molar-refractivity contribution >= 4 is 11.6 Å². The van der Waals surface area contributed by atoms with Gasteiger partial charge in [0.15, 0.2) is 0 Å². The average Bonchev–Trinajstić information content (AvgIpc) is 3.14. The van der Waals surface area contributed by atoms with E-state index in [0.717, 1.165) is 24.8 Å². The summed E-state index contributed by atoms with van der Waals surface area (Å²) in [6.07, 6.45) is 3.05. The van der Waals surface area contributed by atoms with E-state index in [4.69, 9.17) is 0 Å². The molecular weight excluding hydrogens is 315 g/mol. The molecule has 0 radical (unpaired) electrons. The van der Waals surface area contributed by atoms with Crippen molar-refractivity contribution in [3.05, 3.63) is 42.2 Å². The maximum absolute atomic E-state index is 14.0. The lowest BCUT2D eigenvalue weighted by Crippen LogP contribution is -2.53. The SMILES string of the molecule is C=C1C(C)(C)[C@H]2CC[C@@]1(C(=O)N1CCN(c3ccccc3F)CC1)C2. The van der Waals surface area contributed by atoms with Gasteiger partial charge in [-0.1, -0.05) is 38.1 Å². The largest absolute Gasteiger partial charge is 0.366 e. The van der Waals surface area contributed by atoms with E-state index in [1.807, 2.05) is 21.9 Å². The second kappa shape index (κ2) is 5.58. The van der Waals surface area contributed by atoms with Crippen molar-refractivity contribution < 1.29 is 9.18 Å². The van der Waals surface area contributed by atoms with Crippen molar-refractivity contribution in [1.82, 2.24) is 4.90 Å². The number of rotatable bonds is 2. The van der Waals surface area contributed by atoms with Crippen LogP contribution >= 0.6 is 0 Å². The van der Waals surface area contributed by atoms with E-state index >= 15 is 0 Å². The number of anilines is 1. The number of hydrogen-bond donors (Lipinski definition) is 0. The van der Waals surface area contributed by atoms with E-state index in [0.29, 0.717) is 37.8 Å². The lowest BCUT2D eigenvalue weighted by molar-refractivity contribution is -0.140. The molecule has 2 aliphatic carbocycles. The molecule has 3 fully saturated rings. The highest BCUT2D eigenvalue weighted by molar-refractivity contribution is 5.88. The minimum absolute atomic E-state index is 0.0723. The van der Waals surface area contributed by atoms with Crippen molar-refractivity contribution in [2.45, 2.75) is 33.1 Å². The second-order valence-electron chi connectivity index (χ2n) is 8.45. The highest BCUT2D eigenvalue weighted by Gasteiger charge is 2.61. The van der Waals surface area contributed by atoms with Gasteiger partial charge < -0.3 is 9.80 Å². The molecule has 2 saturated carbocycles. The fourth-order valence-corrected chi connectivity index (χ4v) is 5.28. The Hall–Kier alpha value is -1.84. The third-order valence-corrected chi connectivity index (χ3v) is 7.06. The van der Waals surface area contributed by atoms with Crippen LogP contribution in [-0.2, 0) is 4.79 Å². The van der Waals surface area contributed by atoms with Crippen molar-refractivity contribution in [2.24, 2.45) is 16.7 Å². The van der Waals surface area contributed by atoms with Crippen LogP contribution in [0.5, 0.6) is 0 Å². The Morgan fingerprint density at radius 1 is 1.20 bits per heavy atom. The summed E-state index contributed by atoms with van der Waals surface area (Å²) in [6, 6.07) is 6.88. The van der Waals surface area contributed by atoms with Crippen LogP contribution in [0.15, 0.2) is 36.4 Å². The van der Waals surface area contributed by atoms with Gasteiger partial charge in [0.25, 0.3) is 0 Å². The van der Waals surface area contributed by atoms with Gasteiger partial charge in [0.2, 0.25) is 5.91 Å². The van der Waals surface area contributed by atoms with E-state index < -0.39 is 0 Å². The van der Waals surface area contributed by atoms with Crippen LogP contribution in [0.2, 0.25) is 0 Å². The number of amides is 1. The zero-order chi connectivity index (χ0) is 17.8. The minimum atomic E-state index is -0.339. The Labute approximate surface area is 149 Å². The Morgan fingerprint density at radius 2 is 1.88 bits per heavy atom. The summed E-state index contributed by atoms with van der Waals surface area (Å²) in [6.45, 7) is 11.5. The quantitative estimate of drug-likeness (QED) is 0.762. The van der Waals surface area contributed by atoms with Gasteiger partial charge >= 0.3 is 0 Å². The van der Waals surface area contributed by atoms with Crippen LogP contribution in [0.25, 0.3) is 0 Å². The molecule has 0 unspecified atom stereocenters. The Kier molecular flexibility index (Phi) is 3.71. The molecule has 1 aliphatic heterocycles. The van der Waals surface area contributed by atoms with Crippen LogP contribution < -0.4 is 4.90 Å². The average molecular weight is 342 g/mol. The molecule has 0 spiro atoms. The van der Waals surface area contributed by atoms with Gasteiger partial charge in [0.05, 0.1) is 11.1 Å². The van der Waals surface area contributed by atoms with Gasteiger partial charge in [0.1, 0.15) is 5.82 Å². The standard InChI is InChI=1S/C21H27FN2O/c1-15-20(2,3)16-8-9-21(15,14-16)19(25)24-12-10-23(11-13-24)18-7-5-4-6-17(18)22/h4-7,16H,1,8-14H2,2-3H3/t16-,21+/m0/s1. The van der Waals surface area contributed by atoms with Gasteiger partial charge in [-0.15, -0.1) is 0 Å². The molecule has 2 bridgehead atoms. The van der Waals surface area contributed by atoms with Crippen molar-refractivity contribution in [1.29, 1.82) is 0 Å². The molecule has 3 nitrogen and oxygen atoms in total. The molecule has 1 saturated heterocycles. The van der Waals surface area contributed by atoms with E-state index in [2.05, 4.69) is 20.4 Å². The summed E-state index contributed by atoms with van der Waals surface area (Å²) >= 11 is 0. The normalized spacial score (nSPS) is 30.8. The lowest BCUT2D eigenvalue weighted by Gasteiger charge is -2.42. The zero-order valence-corrected chi connectivity index (χ0v) is 15.2. The number of nitrogens with zero attached hydrogens (tertiary/aromatic N) is 2. The molecule has 2 atom stereocenters. The molecule has 0 aromatic heterocycles. The highest BCUT2D eigenvalue weighted by Crippen LogP contribution is 2.65. The van der Waals surface area contributed by atoms with Crippen molar-refractivity contribution in [3.63, 3.8) is 0 Å². The smallest absolute Gasteiger partial charge is 0.233 e. The molecule has 1 aromatic rings. The number of halogens is 1. The number of fused-ring (bicyclic) bond motifs is 2. The van der Waals surface area contributed by atoms with Gasteiger partial charge in [0, 0.05) is 26.2 Å². The summed E-state index contributed by atoms with van der Waals surface area (Å²) in [5, 5.41) is 0. The summed E-state index contributed by atoms with van der Waals surface area (Å²) < 4.78 is 14.0. The van der Waals surface area contributed by atoms with E-state index in [1.165, 1.54) is 6.07 Å². The molecule has 0 N–H and O–H groups in total. The molecule has 4 rings (SSSR count). The number of carbonyl (C=O) groups excluding carboxylic acids is 1. The first-order valence-electron chi connectivity index (χ1n) is 9.35. The van der Waals surface area contributed by atoms with Gasteiger partial charge in [-0.3, -0.25) is 4.79 Å². The third-order valence-electron chi connectivity index (χ3n) is 7.06. The summed E-state index contributed by atoms with van der Waals surface area (Å²) in [5.41, 5.74) is 1.51. The van der Waals surface area contributed by atoms with Crippen LogP contribution in [0.4, 0.5) is 10.1 Å². The van der Waals surface area contributed by atoms with Crippen LogP contribution in [0, 0.1) is 22.6 Å². The van der Waals surface area contributed by atoms with Gasteiger partial charge in [-0.25, -0.2) is 4.39 Å². The number of hydrogen-bond acceptors (Lipinski definition) is 2. The lowest BCUT2D eigenvalue weighted by atomic mass is 9.68. The maximum atomic E-state index is 14.0. The molecule has 25 heavy (non-hydrogen) atoms. The third kappa shape index (κ3) is 2.33. The van der Waals surface area contributed by atoms with Crippen LogP contribution in [0.3, 0.4) is 0 Å². The number of carbonyl (C=O) groups is 1. The zero-order valence-electron chi connectivity index (χ0n) is 15.2. The van der Waals surface area contributed by atoms with E-state index in [9.17, 15) is 9.18 Å². The molecule has 1 aromatic carbocycles. The number of para-hydroxylation sites is 1. The first-order chi connectivity index (χ1) is 11.9. The maximum Gasteiger partial charge on any atom is 0.233 e.